The van der Waals surface area contributed by atoms with Crippen LogP contribution in [0, 0.1) is 0 Å². The molecule has 0 radical (unpaired) electrons. The highest BCUT2D eigenvalue weighted by atomic mass is 16.6. The van der Waals surface area contributed by atoms with Crippen LogP contribution in [0.4, 0.5) is 0 Å². The molecule has 0 bridgehead atoms. The maximum atomic E-state index is 13.5. The normalized spacial score (nSPS) is 18.6. The van der Waals surface area contributed by atoms with Crippen LogP contribution < -0.4 is 11.2 Å². The average Bonchev–Trinajstić information content (AvgIpc) is 3.55. The molecular formula is C47H40N2O6. The van der Waals surface area contributed by atoms with Crippen molar-refractivity contribution >= 4 is 0 Å². The molecule has 1 saturated heterocycles. The zero-order valence-corrected chi connectivity index (χ0v) is 29.9. The highest BCUT2D eigenvalue weighted by Crippen LogP contribution is 2.46. The van der Waals surface area contributed by atoms with Gasteiger partial charge < -0.3 is 19.3 Å². The van der Waals surface area contributed by atoms with Crippen LogP contribution in [0.25, 0.3) is 0 Å². The van der Waals surface area contributed by atoms with Gasteiger partial charge >= 0.3 is 5.69 Å². The first-order valence-corrected chi connectivity index (χ1v) is 18.3. The lowest BCUT2D eigenvalue weighted by Gasteiger charge is -2.40. The molecule has 2 N–H and O–H groups in total. The molecule has 2 heterocycles. The van der Waals surface area contributed by atoms with Gasteiger partial charge in [-0.3, -0.25) is 14.3 Å². The molecule has 1 aliphatic rings. The van der Waals surface area contributed by atoms with E-state index in [4.69, 9.17) is 14.2 Å². The minimum Gasteiger partial charge on any atom is -0.387 e. The summed E-state index contributed by atoms with van der Waals surface area (Å²) in [6, 6.07) is 60.5. The largest absolute Gasteiger partial charge is 0.387 e. The van der Waals surface area contributed by atoms with Crippen molar-refractivity contribution in [3.63, 3.8) is 0 Å². The number of rotatable bonds is 12. The lowest BCUT2D eigenvalue weighted by Crippen LogP contribution is -2.46. The molecule has 8 heteroatoms. The van der Waals surface area contributed by atoms with E-state index in [1.54, 1.807) is 0 Å². The minimum absolute atomic E-state index is 0.0939. The molecule has 8 nitrogen and oxygen atoms in total. The Morgan fingerprint density at radius 2 is 0.909 bits per heavy atom. The zero-order valence-electron chi connectivity index (χ0n) is 29.9. The van der Waals surface area contributed by atoms with E-state index in [2.05, 4.69) is 4.98 Å². The molecule has 0 spiro atoms. The lowest BCUT2D eigenvalue weighted by molar-refractivity contribution is -0.125. The fourth-order valence-electron chi connectivity index (χ4n) is 7.74. The summed E-state index contributed by atoms with van der Waals surface area (Å²) in [6.45, 7) is -0.0939. The van der Waals surface area contributed by atoms with Crippen molar-refractivity contribution in [2.24, 2.45) is 0 Å². The highest BCUT2D eigenvalue weighted by Gasteiger charge is 2.52. The minimum atomic E-state index is -1.31. The number of aromatic amines is 1. The van der Waals surface area contributed by atoms with Gasteiger partial charge in [0.15, 0.2) is 6.23 Å². The molecule has 1 fully saturated rings. The number of aliphatic hydroxyl groups excluding tert-OH is 1. The number of hydrogen-bond donors (Lipinski definition) is 2. The molecule has 0 saturated carbocycles. The fraction of sp³-hybridized carbons (Fsp3) is 0.149. The Hall–Kier alpha value is -6.16. The molecular weight excluding hydrogens is 689 g/mol. The molecule has 1 aromatic heterocycles. The van der Waals surface area contributed by atoms with Gasteiger partial charge in [-0.1, -0.05) is 182 Å². The van der Waals surface area contributed by atoms with Crippen LogP contribution >= 0.6 is 0 Å². The van der Waals surface area contributed by atoms with Gasteiger partial charge in [-0.2, -0.15) is 0 Å². The Balaban J connectivity index is 1.26. The monoisotopic (exact) mass is 728 g/mol. The third-order valence-electron chi connectivity index (χ3n) is 10.3. The van der Waals surface area contributed by atoms with Gasteiger partial charge in [0.25, 0.3) is 5.56 Å². The van der Waals surface area contributed by atoms with Crippen LogP contribution in [0.5, 0.6) is 0 Å². The van der Waals surface area contributed by atoms with Crippen LogP contribution in [0.15, 0.2) is 204 Å². The molecule has 8 rings (SSSR count). The molecule has 55 heavy (non-hydrogen) atoms. The summed E-state index contributed by atoms with van der Waals surface area (Å²) in [5.41, 5.74) is 1.47. The second-order valence-electron chi connectivity index (χ2n) is 13.5. The van der Waals surface area contributed by atoms with Gasteiger partial charge in [-0.15, -0.1) is 0 Å². The quantitative estimate of drug-likeness (QED) is 0.129. The number of aliphatic hydroxyl groups is 1. The van der Waals surface area contributed by atoms with E-state index in [-0.39, 0.29) is 6.61 Å². The molecule has 4 atom stereocenters. The van der Waals surface area contributed by atoms with E-state index < -0.39 is 47.0 Å². The Morgan fingerprint density at radius 1 is 0.545 bits per heavy atom. The van der Waals surface area contributed by atoms with Crippen molar-refractivity contribution in [1.29, 1.82) is 0 Å². The van der Waals surface area contributed by atoms with Crippen molar-refractivity contribution in [2.45, 2.75) is 35.7 Å². The van der Waals surface area contributed by atoms with Gasteiger partial charge in [0, 0.05) is 12.3 Å². The van der Waals surface area contributed by atoms with Gasteiger partial charge in [-0.05, 0) is 33.4 Å². The van der Waals surface area contributed by atoms with E-state index >= 15 is 0 Å². The summed E-state index contributed by atoms with van der Waals surface area (Å²) in [5, 5.41) is 12.5. The maximum Gasteiger partial charge on any atom is 0.330 e. The standard InChI is InChI=1S/C47H40N2O6/c50-41-31-32-49(45(52)48-41)44-43(55-47(37-25-13-4-14-26-37,38-27-15-5-16-28-38)39-29-17-6-18-30-39)42(51)40(54-44)33-53-46(34-19-7-1-8-20-34,35-21-9-2-10-22-35)36-23-11-3-12-24-36/h1-32,40,42-44,51H,33H2,(H,48,50,52)/t40-,42+,43-,44+/m0/s1. The SMILES string of the molecule is O=c1ccn([C@@H]2O[C@@H](COC(c3ccccc3)(c3ccccc3)c3ccccc3)[C@@H](O)[C@@H]2OC(c2ccccc2)(c2ccccc2)c2ccccc2)c(=O)[nH]1. The van der Waals surface area contributed by atoms with Crippen molar-refractivity contribution < 1.29 is 19.3 Å². The molecule has 6 aromatic carbocycles. The average molecular weight is 729 g/mol. The second-order valence-corrected chi connectivity index (χ2v) is 13.5. The summed E-state index contributed by atoms with van der Waals surface area (Å²) in [6.07, 6.45) is -3.22. The first-order chi connectivity index (χ1) is 27.0. The summed E-state index contributed by atoms with van der Waals surface area (Å²) in [5.74, 6) is 0. The number of H-pyrrole nitrogens is 1. The Bertz CT molecular complexity index is 2210. The first-order valence-electron chi connectivity index (χ1n) is 18.3. The lowest BCUT2D eigenvalue weighted by atomic mass is 9.79. The Kier molecular flexibility index (Phi) is 10.2. The first kappa shape index (κ1) is 35.8. The third kappa shape index (κ3) is 6.77. The van der Waals surface area contributed by atoms with Crippen LogP contribution in [-0.2, 0) is 25.4 Å². The highest BCUT2D eigenvalue weighted by molar-refractivity contribution is 5.49. The summed E-state index contributed by atoms with van der Waals surface area (Å²) >= 11 is 0. The van der Waals surface area contributed by atoms with E-state index in [0.29, 0.717) is 0 Å². The predicted molar refractivity (Wildman–Crippen MR) is 210 cm³/mol. The molecule has 7 aromatic rings. The molecule has 274 valence electrons. The van der Waals surface area contributed by atoms with Crippen molar-refractivity contribution in [3.8, 4) is 0 Å². The van der Waals surface area contributed by atoms with E-state index in [0.717, 1.165) is 33.4 Å². The van der Waals surface area contributed by atoms with Gasteiger partial charge in [0.2, 0.25) is 0 Å². The number of ether oxygens (including phenoxy) is 3. The van der Waals surface area contributed by atoms with Crippen LogP contribution in [0.1, 0.15) is 39.6 Å². The number of benzene rings is 6. The van der Waals surface area contributed by atoms with E-state index in [1.807, 2.05) is 182 Å². The van der Waals surface area contributed by atoms with Crippen LogP contribution in [0.3, 0.4) is 0 Å². The maximum absolute atomic E-state index is 13.5. The Labute approximate surface area is 318 Å². The summed E-state index contributed by atoms with van der Waals surface area (Å²) < 4.78 is 22.4. The van der Waals surface area contributed by atoms with Crippen LogP contribution in [-0.4, -0.2) is 39.6 Å². The van der Waals surface area contributed by atoms with E-state index in [9.17, 15) is 14.7 Å². The fourth-order valence-corrected chi connectivity index (χ4v) is 7.74. The second kappa shape index (κ2) is 15.7. The third-order valence-corrected chi connectivity index (χ3v) is 10.3. The Morgan fingerprint density at radius 3 is 1.27 bits per heavy atom. The number of nitrogens with zero attached hydrogens (tertiary/aromatic N) is 1. The summed E-state index contributed by atoms with van der Waals surface area (Å²) in [4.78, 5) is 28.1. The number of hydrogen-bond acceptors (Lipinski definition) is 6. The predicted octanol–water partition coefficient (Wildman–Crippen LogP) is 7.18. The van der Waals surface area contributed by atoms with Gasteiger partial charge in [0.05, 0.1) is 6.61 Å². The molecule has 0 amide bonds. The van der Waals surface area contributed by atoms with Gasteiger partial charge in [-0.25, -0.2) is 4.79 Å². The number of aromatic nitrogens is 2. The molecule has 1 aliphatic heterocycles. The van der Waals surface area contributed by atoms with Crippen molar-refractivity contribution in [2.75, 3.05) is 6.61 Å². The zero-order chi connectivity index (χ0) is 37.7. The van der Waals surface area contributed by atoms with Crippen molar-refractivity contribution in [1.82, 2.24) is 9.55 Å². The number of nitrogens with one attached hydrogen (secondary N) is 1. The molecule has 0 unspecified atom stereocenters. The van der Waals surface area contributed by atoms with E-state index in [1.165, 1.54) is 16.8 Å². The van der Waals surface area contributed by atoms with Crippen LogP contribution in [0.2, 0.25) is 0 Å². The van der Waals surface area contributed by atoms with Gasteiger partial charge in [0.1, 0.15) is 29.5 Å². The smallest absolute Gasteiger partial charge is 0.330 e. The van der Waals surface area contributed by atoms with Crippen molar-refractivity contribution in [3.05, 3.63) is 248 Å². The summed E-state index contributed by atoms with van der Waals surface area (Å²) in [7, 11) is 0. The topological polar surface area (TPSA) is 103 Å². The molecule has 0 aliphatic carbocycles.